The topological polar surface area (TPSA) is 76.1 Å². The highest BCUT2D eigenvalue weighted by Crippen LogP contribution is 2.31. The standard InChI is InChI=1S/C17H21ClN4O2/c1-4-5-6-19-16-9-14(20-10-21-16)17(23)22-13-7-11(2)12(18)8-15(13)24-3/h7-10H,4-6H2,1-3H3,(H,22,23)(H,19,20,21). The molecule has 2 aromatic rings. The Labute approximate surface area is 146 Å². The van der Waals surface area contributed by atoms with Gasteiger partial charge in [-0.3, -0.25) is 4.79 Å². The quantitative estimate of drug-likeness (QED) is 0.742. The first kappa shape index (κ1) is 18.0. The summed E-state index contributed by atoms with van der Waals surface area (Å²) in [5.74, 6) is 0.785. The van der Waals surface area contributed by atoms with Crippen molar-refractivity contribution in [2.75, 3.05) is 24.3 Å². The number of rotatable bonds is 7. The van der Waals surface area contributed by atoms with Crippen molar-refractivity contribution >= 4 is 29.0 Å². The van der Waals surface area contributed by atoms with Gasteiger partial charge in [0.2, 0.25) is 0 Å². The number of aromatic nitrogens is 2. The number of carbonyl (C=O) groups is 1. The largest absolute Gasteiger partial charge is 0.495 e. The number of aryl methyl sites for hydroxylation is 1. The normalized spacial score (nSPS) is 10.3. The minimum absolute atomic E-state index is 0.277. The van der Waals surface area contributed by atoms with Crippen LogP contribution in [0.3, 0.4) is 0 Å². The van der Waals surface area contributed by atoms with Crippen molar-refractivity contribution in [3.05, 3.63) is 40.8 Å². The molecule has 0 saturated carbocycles. The smallest absolute Gasteiger partial charge is 0.274 e. The lowest BCUT2D eigenvalue weighted by Crippen LogP contribution is -2.15. The van der Waals surface area contributed by atoms with Gasteiger partial charge < -0.3 is 15.4 Å². The molecule has 1 heterocycles. The van der Waals surface area contributed by atoms with Gasteiger partial charge in [-0.2, -0.15) is 0 Å². The van der Waals surface area contributed by atoms with E-state index in [-0.39, 0.29) is 11.6 Å². The Morgan fingerprint density at radius 3 is 2.79 bits per heavy atom. The number of unbranched alkanes of at least 4 members (excludes halogenated alkanes) is 1. The van der Waals surface area contributed by atoms with E-state index in [1.165, 1.54) is 13.4 Å². The number of anilines is 2. The number of halogens is 1. The second-order valence-corrected chi connectivity index (χ2v) is 5.73. The SMILES string of the molecule is CCCCNc1cc(C(=O)Nc2cc(C)c(Cl)cc2OC)ncn1. The molecule has 0 spiro atoms. The molecule has 0 atom stereocenters. The zero-order valence-electron chi connectivity index (χ0n) is 14.0. The molecule has 128 valence electrons. The van der Waals surface area contributed by atoms with Crippen molar-refractivity contribution < 1.29 is 9.53 Å². The van der Waals surface area contributed by atoms with E-state index in [0.717, 1.165) is 24.9 Å². The van der Waals surface area contributed by atoms with Gasteiger partial charge in [0.25, 0.3) is 5.91 Å². The molecule has 0 aliphatic rings. The Morgan fingerprint density at radius 2 is 2.08 bits per heavy atom. The van der Waals surface area contributed by atoms with Crippen LogP contribution < -0.4 is 15.4 Å². The number of ether oxygens (including phenoxy) is 1. The van der Waals surface area contributed by atoms with Crippen LogP contribution in [0, 0.1) is 6.92 Å². The minimum Gasteiger partial charge on any atom is -0.495 e. The minimum atomic E-state index is -0.337. The van der Waals surface area contributed by atoms with Crippen LogP contribution in [0.15, 0.2) is 24.5 Å². The molecule has 6 nitrogen and oxygen atoms in total. The maximum absolute atomic E-state index is 12.4. The molecule has 0 aliphatic heterocycles. The van der Waals surface area contributed by atoms with E-state index in [2.05, 4.69) is 27.5 Å². The number of amides is 1. The predicted octanol–water partition coefficient (Wildman–Crippen LogP) is 3.91. The van der Waals surface area contributed by atoms with E-state index in [1.807, 2.05) is 6.92 Å². The number of nitrogens with zero attached hydrogens (tertiary/aromatic N) is 2. The highest BCUT2D eigenvalue weighted by molar-refractivity contribution is 6.31. The first-order valence-electron chi connectivity index (χ1n) is 7.76. The first-order chi connectivity index (χ1) is 11.5. The second kappa shape index (κ2) is 8.49. The summed E-state index contributed by atoms with van der Waals surface area (Å²) >= 11 is 6.08. The van der Waals surface area contributed by atoms with Crippen molar-refractivity contribution in [2.45, 2.75) is 26.7 Å². The Morgan fingerprint density at radius 1 is 1.29 bits per heavy atom. The van der Waals surface area contributed by atoms with E-state index in [4.69, 9.17) is 16.3 Å². The zero-order valence-corrected chi connectivity index (χ0v) is 14.8. The molecule has 7 heteroatoms. The maximum Gasteiger partial charge on any atom is 0.274 e. The Balaban J connectivity index is 2.15. The number of methoxy groups -OCH3 is 1. The summed E-state index contributed by atoms with van der Waals surface area (Å²) < 4.78 is 5.26. The van der Waals surface area contributed by atoms with Gasteiger partial charge in [-0.25, -0.2) is 9.97 Å². The lowest BCUT2D eigenvalue weighted by molar-refractivity contribution is 0.102. The third-order valence-electron chi connectivity index (χ3n) is 3.47. The Hall–Kier alpha value is -2.34. The van der Waals surface area contributed by atoms with E-state index in [0.29, 0.717) is 22.3 Å². The van der Waals surface area contributed by atoms with E-state index in [1.54, 1.807) is 18.2 Å². The summed E-state index contributed by atoms with van der Waals surface area (Å²) in [6.07, 6.45) is 3.49. The van der Waals surface area contributed by atoms with Gasteiger partial charge >= 0.3 is 0 Å². The molecule has 0 bridgehead atoms. The molecule has 1 aromatic heterocycles. The van der Waals surface area contributed by atoms with Gasteiger partial charge in [-0.15, -0.1) is 0 Å². The number of nitrogens with one attached hydrogen (secondary N) is 2. The zero-order chi connectivity index (χ0) is 17.5. The fraction of sp³-hybridized carbons (Fsp3) is 0.353. The van der Waals surface area contributed by atoms with Crippen LogP contribution in [0.1, 0.15) is 35.8 Å². The van der Waals surface area contributed by atoms with Crippen LogP contribution in [-0.2, 0) is 0 Å². The van der Waals surface area contributed by atoms with Crippen molar-refractivity contribution in [3.63, 3.8) is 0 Å². The van der Waals surface area contributed by atoms with Crippen molar-refractivity contribution in [1.29, 1.82) is 0 Å². The number of hydrogen-bond donors (Lipinski definition) is 2. The lowest BCUT2D eigenvalue weighted by Gasteiger charge is -2.12. The fourth-order valence-corrected chi connectivity index (χ4v) is 2.24. The third-order valence-corrected chi connectivity index (χ3v) is 3.87. The van der Waals surface area contributed by atoms with Crippen LogP contribution in [0.25, 0.3) is 0 Å². The summed E-state index contributed by atoms with van der Waals surface area (Å²) in [5, 5.41) is 6.55. The summed E-state index contributed by atoms with van der Waals surface area (Å²) in [6, 6.07) is 5.06. The average Bonchev–Trinajstić information content (AvgIpc) is 2.58. The number of carbonyl (C=O) groups excluding carboxylic acids is 1. The molecule has 2 rings (SSSR count). The number of benzene rings is 1. The van der Waals surface area contributed by atoms with Crippen molar-refractivity contribution in [1.82, 2.24) is 9.97 Å². The van der Waals surface area contributed by atoms with E-state index in [9.17, 15) is 4.79 Å². The highest BCUT2D eigenvalue weighted by Gasteiger charge is 2.13. The Bertz CT molecular complexity index is 722. The van der Waals surface area contributed by atoms with Gasteiger partial charge in [-0.05, 0) is 25.0 Å². The van der Waals surface area contributed by atoms with Gasteiger partial charge in [0.05, 0.1) is 12.8 Å². The van der Waals surface area contributed by atoms with Gasteiger partial charge in [0.1, 0.15) is 23.6 Å². The van der Waals surface area contributed by atoms with Crippen molar-refractivity contribution in [3.8, 4) is 5.75 Å². The molecule has 1 aromatic carbocycles. The summed E-state index contributed by atoms with van der Waals surface area (Å²) in [7, 11) is 1.52. The maximum atomic E-state index is 12.4. The van der Waals surface area contributed by atoms with Gasteiger partial charge in [0.15, 0.2) is 0 Å². The first-order valence-corrected chi connectivity index (χ1v) is 8.14. The molecule has 0 aliphatic carbocycles. The molecule has 24 heavy (non-hydrogen) atoms. The van der Waals surface area contributed by atoms with Crippen LogP contribution in [-0.4, -0.2) is 29.5 Å². The average molecular weight is 349 g/mol. The van der Waals surface area contributed by atoms with Crippen molar-refractivity contribution in [2.24, 2.45) is 0 Å². The molecule has 0 radical (unpaired) electrons. The lowest BCUT2D eigenvalue weighted by atomic mass is 10.2. The van der Waals surface area contributed by atoms with Gasteiger partial charge in [0, 0.05) is 23.7 Å². The molecule has 0 unspecified atom stereocenters. The molecular weight excluding hydrogens is 328 g/mol. The van der Waals surface area contributed by atoms with Gasteiger partial charge in [-0.1, -0.05) is 24.9 Å². The summed E-state index contributed by atoms with van der Waals surface area (Å²) in [6.45, 7) is 4.78. The molecule has 0 fully saturated rings. The van der Waals surface area contributed by atoms with E-state index >= 15 is 0 Å². The third kappa shape index (κ3) is 4.58. The second-order valence-electron chi connectivity index (χ2n) is 5.32. The molecule has 1 amide bonds. The summed E-state index contributed by atoms with van der Waals surface area (Å²) in [4.78, 5) is 20.6. The number of hydrogen-bond acceptors (Lipinski definition) is 5. The molecule has 0 saturated heterocycles. The molecular formula is C17H21ClN4O2. The van der Waals surface area contributed by atoms with Crippen LogP contribution >= 0.6 is 11.6 Å². The predicted molar refractivity (Wildman–Crippen MR) is 96.1 cm³/mol. The monoisotopic (exact) mass is 348 g/mol. The molecule has 2 N–H and O–H groups in total. The van der Waals surface area contributed by atoms with Crippen LogP contribution in [0.5, 0.6) is 5.75 Å². The summed E-state index contributed by atoms with van der Waals surface area (Å²) in [5.41, 5.74) is 1.67. The fourth-order valence-electron chi connectivity index (χ4n) is 2.09. The highest BCUT2D eigenvalue weighted by atomic mass is 35.5. The van der Waals surface area contributed by atoms with Crippen LogP contribution in [0.4, 0.5) is 11.5 Å². The van der Waals surface area contributed by atoms with Crippen LogP contribution in [0.2, 0.25) is 5.02 Å². The Kier molecular flexibility index (Phi) is 6.37. The van der Waals surface area contributed by atoms with E-state index < -0.39 is 0 Å².